The van der Waals surface area contributed by atoms with Crippen LogP contribution in [0.4, 0.5) is 0 Å². The third-order valence-corrected chi connectivity index (χ3v) is 3.88. The van der Waals surface area contributed by atoms with E-state index in [4.69, 9.17) is 0 Å². The van der Waals surface area contributed by atoms with Crippen LogP contribution >= 0.6 is 0 Å². The molecule has 0 radical (unpaired) electrons. The number of hydrogen-bond donors (Lipinski definition) is 0. The van der Waals surface area contributed by atoms with E-state index in [9.17, 15) is 0 Å². The van der Waals surface area contributed by atoms with Crippen LogP contribution in [0.25, 0.3) is 0 Å². The van der Waals surface area contributed by atoms with E-state index in [1.54, 1.807) is 0 Å². The number of hydrogen-bond acceptors (Lipinski definition) is 0. The molecule has 0 saturated heterocycles. The van der Waals surface area contributed by atoms with Crippen LogP contribution < -0.4 is 0 Å². The van der Waals surface area contributed by atoms with Gasteiger partial charge in [0.2, 0.25) is 0 Å². The van der Waals surface area contributed by atoms with Crippen LogP contribution in [0.15, 0.2) is 47.6 Å². The van der Waals surface area contributed by atoms with Gasteiger partial charge in [0.05, 0.1) is 0 Å². The molecule has 0 aromatic rings. The van der Waals surface area contributed by atoms with Crippen molar-refractivity contribution < 1.29 is 26.2 Å². The first-order valence-electron chi connectivity index (χ1n) is 5.57. The first-order valence-corrected chi connectivity index (χ1v) is 5.57. The van der Waals surface area contributed by atoms with Crippen LogP contribution in [0, 0.1) is 17.3 Å². The monoisotopic (exact) mass is 289 g/mol. The summed E-state index contributed by atoms with van der Waals surface area (Å²) < 4.78 is 0. The predicted molar refractivity (Wildman–Crippen MR) is 66.3 cm³/mol. The summed E-state index contributed by atoms with van der Waals surface area (Å²) in [5, 5.41) is 0. The van der Waals surface area contributed by atoms with Gasteiger partial charge in [0.25, 0.3) is 0 Å². The zero-order valence-corrected chi connectivity index (χ0v) is 13.0. The molecule has 0 amide bonds. The van der Waals surface area contributed by atoms with Crippen molar-refractivity contribution in [1.82, 2.24) is 0 Å². The van der Waals surface area contributed by atoms with Gasteiger partial charge in [0.15, 0.2) is 0 Å². The fourth-order valence-electron chi connectivity index (χ4n) is 2.35. The second-order valence-corrected chi connectivity index (χ2v) is 5.13. The zero-order chi connectivity index (χ0) is 11.1. The third-order valence-electron chi connectivity index (χ3n) is 3.88. The van der Waals surface area contributed by atoms with E-state index in [1.165, 1.54) is 11.1 Å². The minimum Gasteiger partial charge on any atom is -0.301 e. The Bertz CT molecular complexity index is 360. The Balaban J connectivity index is 0.00000128. The summed E-state index contributed by atoms with van der Waals surface area (Å²) in [6.45, 7) is 8.98. The molecule has 1 heteroatoms. The molecule has 0 saturated carbocycles. The average Bonchev–Trinajstić information content (AvgIpc) is 2.61. The van der Waals surface area contributed by atoms with Gasteiger partial charge in [-0.15, -0.1) is 23.0 Å². The average molecular weight is 291 g/mol. The maximum Gasteiger partial charge on any atom is 0 e. The fourth-order valence-corrected chi connectivity index (χ4v) is 2.35. The Kier molecular flexibility index (Phi) is 4.01. The molecule has 2 rings (SSSR count). The summed E-state index contributed by atoms with van der Waals surface area (Å²) in [6.07, 6.45) is 15.7. The minimum atomic E-state index is 0. The molecule has 0 aliphatic heterocycles. The van der Waals surface area contributed by atoms with E-state index in [1.807, 2.05) is 0 Å². The molecular weight excluding hydrogens is 271 g/mol. The molecule has 0 aromatic heterocycles. The van der Waals surface area contributed by atoms with Crippen molar-refractivity contribution in [3.63, 3.8) is 0 Å². The summed E-state index contributed by atoms with van der Waals surface area (Å²) >= 11 is 0. The van der Waals surface area contributed by atoms with E-state index in [0.717, 1.165) is 0 Å². The van der Waals surface area contributed by atoms with Gasteiger partial charge in [-0.1, -0.05) is 49.3 Å². The first-order chi connectivity index (χ1) is 6.96. The largest absolute Gasteiger partial charge is 0.301 e. The van der Waals surface area contributed by atoms with Crippen LogP contribution in [0.1, 0.15) is 27.7 Å². The van der Waals surface area contributed by atoms with Crippen LogP contribution in [0.3, 0.4) is 0 Å². The van der Waals surface area contributed by atoms with E-state index in [0.29, 0.717) is 0 Å². The summed E-state index contributed by atoms with van der Waals surface area (Å²) in [5.41, 5.74) is 3.10. The van der Waals surface area contributed by atoms with Gasteiger partial charge in [-0.25, -0.2) is 0 Å². The van der Waals surface area contributed by atoms with Gasteiger partial charge in [-0.2, -0.15) is 0 Å². The van der Waals surface area contributed by atoms with Crippen molar-refractivity contribution in [1.29, 1.82) is 0 Å². The van der Waals surface area contributed by atoms with E-state index in [-0.39, 0.29) is 37.0 Å². The first kappa shape index (κ1) is 13.9. The Hall–Kier alpha value is -0.157. The molecule has 0 fully saturated rings. The van der Waals surface area contributed by atoms with Gasteiger partial charge >= 0.3 is 0 Å². The molecule has 0 bridgehead atoms. The maximum atomic E-state index is 2.45. The molecule has 0 aromatic carbocycles. The Morgan fingerprint density at radius 2 is 1.25 bits per heavy atom. The van der Waals surface area contributed by atoms with Gasteiger partial charge < -0.3 is 6.42 Å². The SMILES string of the molecule is CC1=CC=CC1(C)[CH-]C1(C)C=CC=C1C.[Zr]. The molecule has 2 aliphatic rings. The van der Waals surface area contributed by atoms with Crippen molar-refractivity contribution in [2.75, 3.05) is 0 Å². The molecule has 16 heavy (non-hydrogen) atoms. The molecule has 2 unspecified atom stereocenters. The Labute approximate surface area is 118 Å². The standard InChI is InChI=1S/C15H19.Zr/c1-12-7-5-9-14(12,3)11-15(4)10-6-8-13(15)2;/h5-11H,1-4H3;/q-1;. The molecule has 84 valence electrons. The van der Waals surface area contributed by atoms with Crippen molar-refractivity contribution >= 4 is 0 Å². The van der Waals surface area contributed by atoms with Crippen molar-refractivity contribution in [3.05, 3.63) is 54.0 Å². The minimum absolute atomic E-state index is 0. The molecule has 2 aliphatic carbocycles. The van der Waals surface area contributed by atoms with Crippen LogP contribution in [0.5, 0.6) is 0 Å². The van der Waals surface area contributed by atoms with Crippen LogP contribution in [-0.4, -0.2) is 0 Å². The maximum absolute atomic E-state index is 2.45. The number of allylic oxidation sites excluding steroid dienone is 8. The van der Waals surface area contributed by atoms with E-state index < -0.39 is 0 Å². The smallest absolute Gasteiger partial charge is 0 e. The molecule has 0 heterocycles. The van der Waals surface area contributed by atoms with Crippen molar-refractivity contribution in [3.8, 4) is 0 Å². The van der Waals surface area contributed by atoms with E-state index in [2.05, 4.69) is 70.6 Å². The quantitative estimate of drug-likeness (QED) is 0.668. The summed E-state index contributed by atoms with van der Waals surface area (Å²) in [5.74, 6) is 0. The number of rotatable bonds is 2. The predicted octanol–water partition coefficient (Wildman–Crippen LogP) is 4.23. The van der Waals surface area contributed by atoms with Gasteiger partial charge in [0.1, 0.15) is 0 Å². The molecular formula is C15H19Zr-. The molecule has 2 atom stereocenters. The van der Waals surface area contributed by atoms with Crippen LogP contribution in [-0.2, 0) is 26.2 Å². The molecule has 0 nitrogen and oxygen atoms in total. The second kappa shape index (κ2) is 4.61. The van der Waals surface area contributed by atoms with Gasteiger partial charge in [-0.05, 0) is 13.8 Å². The third kappa shape index (κ3) is 2.25. The van der Waals surface area contributed by atoms with Crippen molar-refractivity contribution in [2.45, 2.75) is 27.7 Å². The Morgan fingerprint density at radius 1 is 0.875 bits per heavy atom. The molecule has 0 spiro atoms. The van der Waals surface area contributed by atoms with E-state index >= 15 is 0 Å². The summed E-state index contributed by atoms with van der Waals surface area (Å²) in [6, 6.07) is 0. The van der Waals surface area contributed by atoms with Gasteiger partial charge in [0, 0.05) is 26.2 Å². The Morgan fingerprint density at radius 3 is 1.50 bits per heavy atom. The summed E-state index contributed by atoms with van der Waals surface area (Å²) in [7, 11) is 0. The zero-order valence-electron chi connectivity index (χ0n) is 10.5. The topological polar surface area (TPSA) is 0 Å². The van der Waals surface area contributed by atoms with Gasteiger partial charge in [-0.3, -0.25) is 0 Å². The van der Waals surface area contributed by atoms with Crippen LogP contribution in [0.2, 0.25) is 0 Å². The van der Waals surface area contributed by atoms with Crippen molar-refractivity contribution in [2.24, 2.45) is 10.8 Å². The molecule has 0 N–H and O–H groups in total. The fraction of sp³-hybridized carbons (Fsp3) is 0.400. The normalized spacial score (nSPS) is 36.0. The second-order valence-electron chi connectivity index (χ2n) is 5.13. The summed E-state index contributed by atoms with van der Waals surface area (Å²) in [4.78, 5) is 0.